The van der Waals surface area contributed by atoms with Crippen molar-refractivity contribution in [2.75, 3.05) is 24.9 Å². The van der Waals surface area contributed by atoms with Gasteiger partial charge in [-0.3, -0.25) is 9.59 Å². The van der Waals surface area contributed by atoms with Gasteiger partial charge in [-0.1, -0.05) is 0 Å². The average molecular weight is 407 g/mol. The first-order chi connectivity index (χ1) is 14.3. The summed E-state index contributed by atoms with van der Waals surface area (Å²) in [5.74, 6) is 0.813. The highest BCUT2D eigenvalue weighted by atomic mass is 16.5. The number of aryl methyl sites for hydroxylation is 1. The smallest absolute Gasteiger partial charge is 0.257 e. The Morgan fingerprint density at radius 3 is 2.20 bits per heavy atom. The molecule has 0 saturated heterocycles. The highest BCUT2D eigenvalue weighted by Gasteiger charge is 2.18. The molecule has 0 radical (unpaired) electrons. The first-order valence-electron chi connectivity index (χ1n) is 9.44. The average Bonchev–Trinajstić information content (AvgIpc) is 3.02. The van der Waals surface area contributed by atoms with Gasteiger partial charge in [-0.15, -0.1) is 0 Å². The molecule has 0 fully saturated rings. The van der Waals surface area contributed by atoms with Crippen LogP contribution in [0.3, 0.4) is 0 Å². The maximum atomic E-state index is 13.0. The van der Waals surface area contributed by atoms with E-state index in [0.29, 0.717) is 22.7 Å². The third-order valence-corrected chi connectivity index (χ3v) is 4.77. The second-order valence-electron chi connectivity index (χ2n) is 6.87. The topological polar surface area (TPSA) is 81.6 Å². The van der Waals surface area contributed by atoms with Crippen LogP contribution in [-0.4, -0.2) is 30.6 Å². The number of carbonyl (C=O) groups excluding carboxylic acids is 2. The number of methoxy groups -OCH3 is 2. The number of hydrogen-bond acceptors (Lipinski definition) is 4. The van der Waals surface area contributed by atoms with E-state index in [-0.39, 0.29) is 11.8 Å². The van der Waals surface area contributed by atoms with E-state index in [4.69, 9.17) is 9.47 Å². The largest absolute Gasteiger partial charge is 0.497 e. The Labute approximate surface area is 175 Å². The van der Waals surface area contributed by atoms with Crippen molar-refractivity contribution >= 4 is 23.2 Å². The summed E-state index contributed by atoms with van der Waals surface area (Å²) in [4.78, 5) is 24.4. The normalized spacial score (nSPS) is 10.4. The number of amides is 2. The lowest BCUT2D eigenvalue weighted by Gasteiger charge is -2.13. The van der Waals surface area contributed by atoms with E-state index in [1.165, 1.54) is 14.0 Å². The quantitative estimate of drug-likeness (QED) is 0.638. The summed E-state index contributed by atoms with van der Waals surface area (Å²) in [6, 6.07) is 14.6. The first kappa shape index (κ1) is 21.0. The minimum absolute atomic E-state index is 0.194. The van der Waals surface area contributed by atoms with Crippen LogP contribution in [0.25, 0.3) is 5.69 Å². The number of rotatable bonds is 6. The van der Waals surface area contributed by atoms with Gasteiger partial charge in [0.2, 0.25) is 5.91 Å². The fraction of sp³-hybridized carbons (Fsp3) is 0.217. The van der Waals surface area contributed by atoms with Gasteiger partial charge in [0.15, 0.2) is 0 Å². The van der Waals surface area contributed by atoms with Gasteiger partial charge in [0.05, 0.1) is 25.5 Å². The molecule has 2 amide bonds. The summed E-state index contributed by atoms with van der Waals surface area (Å²) in [6.45, 7) is 5.28. The highest BCUT2D eigenvalue weighted by molar-refractivity contribution is 6.06. The summed E-state index contributed by atoms with van der Waals surface area (Å²) >= 11 is 0. The van der Waals surface area contributed by atoms with Crippen molar-refractivity contribution < 1.29 is 19.1 Å². The fourth-order valence-electron chi connectivity index (χ4n) is 3.40. The predicted molar refractivity (Wildman–Crippen MR) is 117 cm³/mol. The predicted octanol–water partition coefficient (Wildman–Crippen LogP) is 4.32. The molecule has 0 saturated carbocycles. The summed E-state index contributed by atoms with van der Waals surface area (Å²) in [5.41, 5.74) is 4.28. The maximum absolute atomic E-state index is 13.0. The maximum Gasteiger partial charge on any atom is 0.257 e. The molecule has 0 atom stereocenters. The zero-order valence-electron chi connectivity index (χ0n) is 17.7. The summed E-state index contributed by atoms with van der Waals surface area (Å²) in [5, 5.41) is 5.60. The number of ether oxygens (including phenoxy) is 2. The molecule has 3 rings (SSSR count). The molecule has 7 nitrogen and oxygen atoms in total. The van der Waals surface area contributed by atoms with Crippen LogP contribution in [0.2, 0.25) is 0 Å². The van der Waals surface area contributed by atoms with Crippen molar-refractivity contribution in [1.82, 2.24) is 4.57 Å². The number of benzene rings is 2. The van der Waals surface area contributed by atoms with Crippen LogP contribution in [0.1, 0.15) is 28.7 Å². The molecule has 0 aliphatic rings. The van der Waals surface area contributed by atoms with Gasteiger partial charge in [0.1, 0.15) is 11.5 Å². The lowest BCUT2D eigenvalue weighted by molar-refractivity contribution is -0.114. The molecule has 30 heavy (non-hydrogen) atoms. The van der Waals surface area contributed by atoms with Crippen LogP contribution in [0.4, 0.5) is 11.4 Å². The molecule has 0 aliphatic heterocycles. The molecule has 0 unspecified atom stereocenters. The Bertz CT molecular complexity index is 1080. The van der Waals surface area contributed by atoms with Gasteiger partial charge in [0.25, 0.3) is 5.91 Å². The zero-order chi connectivity index (χ0) is 21.8. The molecule has 0 spiro atoms. The molecule has 0 aliphatic carbocycles. The van der Waals surface area contributed by atoms with E-state index in [9.17, 15) is 9.59 Å². The minimum Gasteiger partial charge on any atom is -0.497 e. The first-order valence-corrected chi connectivity index (χ1v) is 9.44. The van der Waals surface area contributed by atoms with Crippen molar-refractivity contribution in [3.63, 3.8) is 0 Å². The van der Waals surface area contributed by atoms with Crippen molar-refractivity contribution in [3.05, 3.63) is 65.5 Å². The van der Waals surface area contributed by atoms with Crippen molar-refractivity contribution in [2.45, 2.75) is 20.8 Å². The Morgan fingerprint density at radius 1 is 0.900 bits per heavy atom. The molecule has 3 aromatic rings. The fourth-order valence-corrected chi connectivity index (χ4v) is 3.40. The summed E-state index contributed by atoms with van der Waals surface area (Å²) in [6.07, 6.45) is 0. The molecule has 156 valence electrons. The lowest BCUT2D eigenvalue weighted by atomic mass is 10.2. The van der Waals surface area contributed by atoms with E-state index in [0.717, 1.165) is 22.8 Å². The Balaban J connectivity index is 1.92. The van der Waals surface area contributed by atoms with Crippen LogP contribution < -0.4 is 20.1 Å². The van der Waals surface area contributed by atoms with E-state index in [2.05, 4.69) is 10.6 Å². The van der Waals surface area contributed by atoms with Crippen molar-refractivity contribution in [2.24, 2.45) is 0 Å². The molecule has 1 aromatic heterocycles. The van der Waals surface area contributed by atoms with E-state index >= 15 is 0 Å². The molecule has 2 aromatic carbocycles. The monoisotopic (exact) mass is 407 g/mol. The lowest BCUT2D eigenvalue weighted by Crippen LogP contribution is -2.14. The Morgan fingerprint density at radius 2 is 1.60 bits per heavy atom. The van der Waals surface area contributed by atoms with Gasteiger partial charge in [0, 0.05) is 29.7 Å². The molecule has 1 heterocycles. The van der Waals surface area contributed by atoms with E-state index in [1.807, 2.05) is 48.7 Å². The van der Waals surface area contributed by atoms with Crippen molar-refractivity contribution in [3.8, 4) is 17.2 Å². The van der Waals surface area contributed by atoms with Gasteiger partial charge in [-0.05, 0) is 62.4 Å². The van der Waals surface area contributed by atoms with Gasteiger partial charge < -0.3 is 24.7 Å². The van der Waals surface area contributed by atoms with Crippen LogP contribution in [0, 0.1) is 13.8 Å². The summed E-state index contributed by atoms with van der Waals surface area (Å²) in [7, 11) is 3.15. The van der Waals surface area contributed by atoms with Crippen LogP contribution in [0.15, 0.2) is 48.5 Å². The SMILES string of the molecule is COc1ccc(-n2c(C)cc(C(=O)Nc3cc(NC(C)=O)ccc3OC)c2C)cc1. The molecular weight excluding hydrogens is 382 g/mol. The number of carbonyl (C=O) groups is 2. The summed E-state index contributed by atoms with van der Waals surface area (Å²) < 4.78 is 12.6. The number of hydrogen-bond donors (Lipinski definition) is 2. The number of aromatic nitrogens is 1. The highest BCUT2D eigenvalue weighted by Crippen LogP contribution is 2.29. The van der Waals surface area contributed by atoms with E-state index < -0.39 is 0 Å². The molecular formula is C23H25N3O4. The standard InChI is InChI=1S/C23H25N3O4/c1-14-12-20(15(2)26(14)18-7-9-19(29-4)10-8-18)23(28)25-21-13-17(24-16(3)27)6-11-22(21)30-5/h6-13H,1-5H3,(H,24,27)(H,25,28). The molecule has 7 heteroatoms. The van der Waals surface area contributed by atoms with Crippen LogP contribution >= 0.6 is 0 Å². The third kappa shape index (κ3) is 4.30. The van der Waals surface area contributed by atoms with Gasteiger partial charge in [-0.25, -0.2) is 0 Å². The van der Waals surface area contributed by atoms with Gasteiger partial charge >= 0.3 is 0 Å². The van der Waals surface area contributed by atoms with Crippen molar-refractivity contribution in [1.29, 1.82) is 0 Å². The number of anilines is 2. The number of nitrogens with zero attached hydrogens (tertiary/aromatic N) is 1. The van der Waals surface area contributed by atoms with E-state index in [1.54, 1.807) is 25.3 Å². The Hall–Kier alpha value is -3.74. The second kappa shape index (κ2) is 8.73. The number of nitrogens with one attached hydrogen (secondary N) is 2. The molecule has 2 N–H and O–H groups in total. The van der Waals surface area contributed by atoms with Crippen LogP contribution in [0.5, 0.6) is 11.5 Å². The Kier molecular flexibility index (Phi) is 6.11. The minimum atomic E-state index is -0.263. The third-order valence-electron chi connectivity index (χ3n) is 4.77. The molecule has 0 bridgehead atoms. The van der Waals surface area contributed by atoms with Gasteiger partial charge in [-0.2, -0.15) is 0 Å². The van der Waals surface area contributed by atoms with Crippen LogP contribution in [-0.2, 0) is 4.79 Å². The zero-order valence-corrected chi connectivity index (χ0v) is 17.7. The second-order valence-corrected chi connectivity index (χ2v) is 6.87.